The van der Waals surface area contributed by atoms with E-state index in [1.54, 1.807) is 0 Å². The van der Waals surface area contributed by atoms with Crippen LogP contribution in [0, 0.1) is 5.41 Å². The molecule has 0 radical (unpaired) electrons. The van der Waals surface area contributed by atoms with Crippen LogP contribution in [0.1, 0.15) is 46.5 Å². The van der Waals surface area contributed by atoms with Crippen LogP contribution in [-0.4, -0.2) is 37.3 Å². The predicted octanol–water partition coefficient (Wildman–Crippen LogP) is 1.95. The second kappa shape index (κ2) is 10.1. The number of nitrogens with two attached hydrogens (primary N) is 1. The van der Waals surface area contributed by atoms with E-state index in [-0.39, 0.29) is 5.41 Å². The fourth-order valence-electron chi connectivity index (χ4n) is 1.54. The molecule has 0 bridgehead atoms. The highest BCUT2D eigenvalue weighted by Gasteiger charge is 2.22. The number of nitrogens with one attached hydrogen (secondary N) is 1. The van der Waals surface area contributed by atoms with Gasteiger partial charge in [0.25, 0.3) is 0 Å². The fourth-order valence-corrected chi connectivity index (χ4v) is 1.54. The van der Waals surface area contributed by atoms with E-state index in [0.717, 1.165) is 45.6 Å². The van der Waals surface area contributed by atoms with E-state index in [4.69, 9.17) is 15.7 Å². The predicted molar refractivity (Wildman–Crippen MR) is 75.0 cm³/mol. The van der Waals surface area contributed by atoms with E-state index in [0.29, 0.717) is 5.84 Å². The smallest absolute Gasteiger partial charge is 0.144 e. The van der Waals surface area contributed by atoms with Gasteiger partial charge in [-0.3, -0.25) is 0 Å². The summed E-state index contributed by atoms with van der Waals surface area (Å²) in [7, 11) is 0. The Bertz CT molecular complexity index is 230. The maximum atomic E-state index is 8.64. The van der Waals surface area contributed by atoms with E-state index >= 15 is 0 Å². The second-order valence-corrected chi connectivity index (χ2v) is 5.19. The minimum Gasteiger partial charge on any atom is -0.409 e. The summed E-state index contributed by atoms with van der Waals surface area (Å²) in [5, 5.41) is 15.0. The van der Waals surface area contributed by atoms with Gasteiger partial charge in [0.05, 0.1) is 6.61 Å². The average molecular weight is 259 g/mol. The maximum Gasteiger partial charge on any atom is 0.144 e. The molecule has 0 aliphatic carbocycles. The Balaban J connectivity index is 3.40. The van der Waals surface area contributed by atoms with Crippen molar-refractivity contribution in [3.05, 3.63) is 0 Å². The molecule has 0 amide bonds. The number of nitrogens with zero attached hydrogens (tertiary/aromatic N) is 1. The molecule has 0 aliphatic rings. The Morgan fingerprint density at radius 1 is 1.28 bits per heavy atom. The molecule has 0 heterocycles. The molecule has 4 N–H and O–H groups in total. The normalized spacial score (nSPS) is 12.9. The molecule has 5 nitrogen and oxygen atoms in total. The first-order valence-corrected chi connectivity index (χ1v) is 6.81. The topological polar surface area (TPSA) is 79.9 Å². The van der Waals surface area contributed by atoms with Gasteiger partial charge in [-0.15, -0.1) is 0 Å². The van der Waals surface area contributed by atoms with E-state index in [1.165, 1.54) is 6.42 Å². The summed E-state index contributed by atoms with van der Waals surface area (Å²) < 4.78 is 5.44. The molecular formula is C13H29N3O2. The van der Waals surface area contributed by atoms with Gasteiger partial charge in [0.2, 0.25) is 0 Å². The number of amidine groups is 1. The summed E-state index contributed by atoms with van der Waals surface area (Å²) in [4.78, 5) is 0. The van der Waals surface area contributed by atoms with Gasteiger partial charge in [0.1, 0.15) is 5.84 Å². The lowest BCUT2D eigenvalue weighted by Gasteiger charge is -2.22. The molecule has 0 spiro atoms. The van der Waals surface area contributed by atoms with Crippen molar-refractivity contribution in [3.63, 3.8) is 0 Å². The zero-order valence-electron chi connectivity index (χ0n) is 12.0. The van der Waals surface area contributed by atoms with Crippen molar-refractivity contribution in [1.29, 1.82) is 0 Å². The Morgan fingerprint density at radius 3 is 2.61 bits per heavy atom. The standard InChI is InChI=1S/C13H29N3O2/c1-4-5-10-18-11-9-15-8-6-7-13(2,3)12(14)16-17/h15,17H,4-11H2,1-3H3,(H2,14,16). The van der Waals surface area contributed by atoms with Gasteiger partial charge in [-0.1, -0.05) is 32.3 Å². The van der Waals surface area contributed by atoms with Crippen LogP contribution in [0.15, 0.2) is 5.16 Å². The average Bonchev–Trinajstić information content (AvgIpc) is 2.35. The van der Waals surface area contributed by atoms with Crippen LogP contribution in [0.5, 0.6) is 0 Å². The van der Waals surface area contributed by atoms with Crippen LogP contribution in [0.2, 0.25) is 0 Å². The summed E-state index contributed by atoms with van der Waals surface area (Å²) in [5.41, 5.74) is 5.38. The quantitative estimate of drug-likeness (QED) is 0.174. The molecule has 18 heavy (non-hydrogen) atoms. The van der Waals surface area contributed by atoms with Crippen LogP contribution in [-0.2, 0) is 4.74 Å². The van der Waals surface area contributed by atoms with Gasteiger partial charge in [0.15, 0.2) is 0 Å². The third-order valence-electron chi connectivity index (χ3n) is 3.02. The molecule has 0 aromatic carbocycles. The second-order valence-electron chi connectivity index (χ2n) is 5.19. The molecule has 0 rings (SSSR count). The van der Waals surface area contributed by atoms with Gasteiger partial charge in [0, 0.05) is 18.6 Å². The van der Waals surface area contributed by atoms with Crippen molar-refractivity contribution < 1.29 is 9.94 Å². The highest BCUT2D eigenvalue weighted by atomic mass is 16.5. The van der Waals surface area contributed by atoms with Crippen molar-refractivity contribution >= 4 is 5.84 Å². The number of rotatable bonds is 11. The van der Waals surface area contributed by atoms with Crippen LogP contribution in [0.4, 0.5) is 0 Å². The molecular weight excluding hydrogens is 230 g/mol. The number of hydrogen-bond donors (Lipinski definition) is 3. The zero-order chi connectivity index (χ0) is 13.9. The third kappa shape index (κ3) is 8.31. The molecule has 108 valence electrons. The minimum absolute atomic E-state index is 0.242. The summed E-state index contributed by atoms with van der Waals surface area (Å²) >= 11 is 0. The zero-order valence-corrected chi connectivity index (χ0v) is 12.0. The van der Waals surface area contributed by atoms with Crippen LogP contribution < -0.4 is 11.1 Å². The summed E-state index contributed by atoms with van der Waals surface area (Å²) in [6.07, 6.45) is 4.20. The molecule has 0 atom stereocenters. The molecule has 5 heteroatoms. The van der Waals surface area contributed by atoms with Crippen LogP contribution >= 0.6 is 0 Å². The number of ether oxygens (including phenoxy) is 1. The van der Waals surface area contributed by atoms with Crippen molar-refractivity contribution in [2.75, 3.05) is 26.3 Å². The maximum absolute atomic E-state index is 8.64. The SMILES string of the molecule is CCCCOCCNCCCC(C)(C)C(N)=NO. The van der Waals surface area contributed by atoms with Gasteiger partial charge >= 0.3 is 0 Å². The molecule has 0 fully saturated rings. The Morgan fingerprint density at radius 2 is 2.00 bits per heavy atom. The van der Waals surface area contributed by atoms with Crippen molar-refractivity contribution in [2.24, 2.45) is 16.3 Å². The largest absolute Gasteiger partial charge is 0.409 e. The first-order valence-electron chi connectivity index (χ1n) is 6.81. The van der Waals surface area contributed by atoms with Gasteiger partial charge in [-0.05, 0) is 25.8 Å². The van der Waals surface area contributed by atoms with E-state index < -0.39 is 0 Å². The van der Waals surface area contributed by atoms with Crippen molar-refractivity contribution in [2.45, 2.75) is 46.5 Å². The monoisotopic (exact) mass is 259 g/mol. The fraction of sp³-hybridized carbons (Fsp3) is 0.923. The van der Waals surface area contributed by atoms with Gasteiger partial charge < -0.3 is 21.0 Å². The molecule has 0 unspecified atom stereocenters. The first-order chi connectivity index (χ1) is 8.54. The highest BCUT2D eigenvalue weighted by Crippen LogP contribution is 2.21. The van der Waals surface area contributed by atoms with Gasteiger partial charge in [-0.25, -0.2) is 0 Å². The highest BCUT2D eigenvalue weighted by molar-refractivity contribution is 5.85. The summed E-state index contributed by atoms with van der Waals surface area (Å²) in [6, 6.07) is 0. The lowest BCUT2D eigenvalue weighted by molar-refractivity contribution is 0.133. The molecule has 0 aromatic heterocycles. The minimum atomic E-state index is -0.242. The third-order valence-corrected chi connectivity index (χ3v) is 3.02. The van der Waals surface area contributed by atoms with E-state index in [9.17, 15) is 0 Å². The van der Waals surface area contributed by atoms with Crippen molar-refractivity contribution in [1.82, 2.24) is 5.32 Å². The van der Waals surface area contributed by atoms with Crippen LogP contribution in [0.25, 0.3) is 0 Å². The summed E-state index contributed by atoms with van der Waals surface area (Å²) in [6.45, 7) is 9.56. The van der Waals surface area contributed by atoms with E-state index in [1.807, 2.05) is 13.8 Å². The first kappa shape index (κ1) is 17.2. The molecule has 0 saturated heterocycles. The Labute approximate surface area is 111 Å². The van der Waals surface area contributed by atoms with Crippen LogP contribution in [0.3, 0.4) is 0 Å². The number of oxime groups is 1. The molecule has 0 aliphatic heterocycles. The van der Waals surface area contributed by atoms with Gasteiger partial charge in [-0.2, -0.15) is 0 Å². The lowest BCUT2D eigenvalue weighted by atomic mass is 9.86. The Hall–Kier alpha value is -0.810. The lowest BCUT2D eigenvalue weighted by Crippen LogP contribution is -2.33. The number of unbranched alkanes of at least 4 members (excludes halogenated alkanes) is 1. The molecule has 0 aromatic rings. The molecule has 0 saturated carbocycles. The summed E-state index contributed by atoms with van der Waals surface area (Å²) in [5.74, 6) is 0.297. The van der Waals surface area contributed by atoms with E-state index in [2.05, 4.69) is 17.4 Å². The Kier molecular flexibility index (Phi) is 9.69. The number of hydrogen-bond acceptors (Lipinski definition) is 4. The van der Waals surface area contributed by atoms with Crippen molar-refractivity contribution in [3.8, 4) is 0 Å².